The average molecular weight is 934 g/mol. The summed E-state index contributed by atoms with van der Waals surface area (Å²) >= 11 is 0. The lowest BCUT2D eigenvalue weighted by Crippen LogP contribution is -2.28. The first kappa shape index (κ1) is 49.0. The fourth-order valence-corrected chi connectivity index (χ4v) is 7.40. The molecular weight excluding hydrogens is 879 g/mol. The maximum Gasteiger partial charge on any atom is 0.354 e. The number of aromatic nitrogens is 6. The molecule has 0 atom stereocenters. The van der Waals surface area contributed by atoms with E-state index in [1.807, 2.05) is 19.0 Å². The summed E-state index contributed by atoms with van der Waals surface area (Å²) in [5.41, 5.74) is 3.65. The molecule has 358 valence electrons. The summed E-state index contributed by atoms with van der Waals surface area (Å²) in [5.74, 6) is -3.44. The highest BCUT2D eigenvalue weighted by atomic mass is 16.5. The highest BCUT2D eigenvalue weighted by Crippen LogP contribution is 2.22. The second-order valence-electron chi connectivity index (χ2n) is 16.5. The molecule has 0 bridgehead atoms. The van der Waals surface area contributed by atoms with Crippen molar-refractivity contribution in [3.8, 4) is 0 Å². The van der Waals surface area contributed by atoms with Crippen LogP contribution in [0, 0.1) is 0 Å². The zero-order valence-electron chi connectivity index (χ0n) is 39.3. The molecule has 0 saturated heterocycles. The van der Waals surface area contributed by atoms with Crippen molar-refractivity contribution in [2.75, 3.05) is 60.9 Å². The van der Waals surface area contributed by atoms with E-state index in [4.69, 9.17) is 4.74 Å². The molecule has 0 aliphatic rings. The standard InChI is InChI=1S/C46H55N13O9/c1-53(2)14-10-11-39(60)27-15-33(54(3)21-27)42(63)49-30-18-36(57(6)24-30)44(65)50-29-17-34(55(4)23-29)41(62)47-13-12-40(61)48-28-16-35(56(5)22-28)43(64)51-31-19-37(58(7)25-31)45(66)52-32-20-38(46(67)68-9)59(8)26-32/h15-26H,10-14H2,1-9H3,(H,47,62)(H,48,61)(H,49,63)(H,50,65)(H,51,64)(H,52,66). The van der Waals surface area contributed by atoms with Crippen molar-refractivity contribution >= 4 is 75.6 Å². The Kier molecular flexibility index (Phi) is 15.0. The predicted molar refractivity (Wildman–Crippen MR) is 253 cm³/mol. The molecule has 0 aliphatic carbocycles. The number of carbonyl (C=O) groups is 8. The van der Waals surface area contributed by atoms with Crippen LogP contribution in [0.4, 0.5) is 28.4 Å². The second kappa shape index (κ2) is 20.8. The zero-order chi connectivity index (χ0) is 49.6. The van der Waals surface area contributed by atoms with Crippen LogP contribution >= 0.6 is 0 Å². The third kappa shape index (κ3) is 11.7. The molecule has 0 radical (unpaired) electrons. The molecular formula is C46H55N13O9. The predicted octanol–water partition coefficient (Wildman–Crippen LogP) is 3.80. The van der Waals surface area contributed by atoms with Gasteiger partial charge in [-0.1, -0.05) is 0 Å². The molecule has 6 amide bonds. The Hall–Kier alpha value is -8.40. The third-order valence-corrected chi connectivity index (χ3v) is 10.9. The molecule has 6 N–H and O–H groups in total. The highest BCUT2D eigenvalue weighted by Gasteiger charge is 2.22. The fourth-order valence-electron chi connectivity index (χ4n) is 7.40. The molecule has 6 aromatic heterocycles. The van der Waals surface area contributed by atoms with Gasteiger partial charge in [0.15, 0.2) is 5.78 Å². The van der Waals surface area contributed by atoms with E-state index in [0.717, 1.165) is 6.54 Å². The largest absolute Gasteiger partial charge is 0.464 e. The number of nitrogens with one attached hydrogen (secondary N) is 6. The minimum Gasteiger partial charge on any atom is -0.464 e. The van der Waals surface area contributed by atoms with Crippen LogP contribution in [0.5, 0.6) is 0 Å². The summed E-state index contributed by atoms with van der Waals surface area (Å²) in [6.45, 7) is 0.755. The van der Waals surface area contributed by atoms with E-state index in [-0.39, 0.29) is 52.9 Å². The monoisotopic (exact) mass is 933 g/mol. The number of anilines is 5. The summed E-state index contributed by atoms with van der Waals surface area (Å²) in [6, 6.07) is 9.03. The van der Waals surface area contributed by atoms with E-state index in [1.165, 1.54) is 55.7 Å². The van der Waals surface area contributed by atoms with Gasteiger partial charge in [0.1, 0.15) is 34.2 Å². The lowest BCUT2D eigenvalue weighted by atomic mass is 10.1. The number of hydrogen-bond acceptors (Lipinski definition) is 10. The molecule has 6 aromatic rings. The first-order chi connectivity index (χ1) is 32.2. The minimum absolute atomic E-state index is 0.0205. The van der Waals surface area contributed by atoms with E-state index in [1.54, 1.807) is 94.7 Å². The van der Waals surface area contributed by atoms with Gasteiger partial charge in [-0.05, 0) is 63.5 Å². The first-order valence-electron chi connectivity index (χ1n) is 21.3. The molecule has 0 spiro atoms. The maximum absolute atomic E-state index is 13.3. The number of hydrogen-bond donors (Lipinski definition) is 6. The Bertz CT molecular complexity index is 2940. The van der Waals surface area contributed by atoms with Crippen LogP contribution in [0.25, 0.3) is 0 Å². The first-order valence-corrected chi connectivity index (χ1v) is 21.3. The zero-order valence-corrected chi connectivity index (χ0v) is 39.3. The van der Waals surface area contributed by atoms with Gasteiger partial charge in [-0.15, -0.1) is 0 Å². The van der Waals surface area contributed by atoms with Gasteiger partial charge in [0.05, 0.1) is 35.5 Å². The van der Waals surface area contributed by atoms with Crippen molar-refractivity contribution in [1.82, 2.24) is 37.6 Å². The summed E-state index contributed by atoms with van der Waals surface area (Å²) < 4.78 is 14.0. The summed E-state index contributed by atoms with van der Waals surface area (Å²) in [5, 5.41) is 16.5. The van der Waals surface area contributed by atoms with Gasteiger partial charge in [0.25, 0.3) is 29.5 Å². The Morgan fingerprint density at radius 3 is 1.24 bits per heavy atom. The number of aryl methyl sites for hydroxylation is 6. The van der Waals surface area contributed by atoms with Crippen molar-refractivity contribution in [2.45, 2.75) is 19.3 Å². The summed E-state index contributed by atoms with van der Waals surface area (Å²) in [7, 11) is 15.0. The lowest BCUT2D eigenvalue weighted by Gasteiger charge is -2.07. The van der Waals surface area contributed by atoms with Crippen molar-refractivity contribution in [1.29, 1.82) is 0 Å². The molecule has 0 aliphatic heterocycles. The van der Waals surface area contributed by atoms with E-state index >= 15 is 0 Å². The maximum atomic E-state index is 13.3. The number of amides is 6. The van der Waals surface area contributed by atoms with E-state index < -0.39 is 41.4 Å². The quantitative estimate of drug-likeness (QED) is 0.0507. The van der Waals surface area contributed by atoms with E-state index in [2.05, 4.69) is 31.9 Å². The number of Topliss-reactive ketones (excluding diaryl/α,β-unsaturated/α-hetero) is 1. The van der Waals surface area contributed by atoms with Crippen LogP contribution in [0.15, 0.2) is 73.6 Å². The van der Waals surface area contributed by atoms with E-state index in [9.17, 15) is 38.4 Å². The van der Waals surface area contributed by atoms with Gasteiger partial charge in [0, 0.05) is 104 Å². The number of nitrogens with zero attached hydrogens (tertiary/aromatic N) is 7. The van der Waals surface area contributed by atoms with Gasteiger partial charge < -0.3 is 68.9 Å². The van der Waals surface area contributed by atoms with Crippen LogP contribution < -0.4 is 31.9 Å². The van der Waals surface area contributed by atoms with Crippen molar-refractivity contribution in [3.05, 3.63) is 113 Å². The number of rotatable bonds is 19. The molecule has 68 heavy (non-hydrogen) atoms. The van der Waals surface area contributed by atoms with E-state index in [0.29, 0.717) is 46.8 Å². The lowest BCUT2D eigenvalue weighted by molar-refractivity contribution is -0.116. The number of carbonyl (C=O) groups excluding carboxylic acids is 8. The summed E-state index contributed by atoms with van der Waals surface area (Å²) in [6.07, 6.45) is 10.4. The molecule has 6 heterocycles. The van der Waals surface area contributed by atoms with Gasteiger partial charge in [0.2, 0.25) is 5.91 Å². The number of ketones is 1. The van der Waals surface area contributed by atoms with Gasteiger partial charge >= 0.3 is 5.97 Å². The molecule has 0 unspecified atom stereocenters. The van der Waals surface area contributed by atoms with Crippen LogP contribution in [0.2, 0.25) is 0 Å². The van der Waals surface area contributed by atoms with Crippen molar-refractivity contribution in [2.24, 2.45) is 42.3 Å². The molecule has 22 nitrogen and oxygen atoms in total. The van der Waals surface area contributed by atoms with Crippen molar-refractivity contribution in [3.63, 3.8) is 0 Å². The number of methoxy groups -OCH3 is 1. The Morgan fingerprint density at radius 2 is 0.824 bits per heavy atom. The van der Waals surface area contributed by atoms with Gasteiger partial charge in [-0.2, -0.15) is 0 Å². The Balaban J connectivity index is 0.960. The topological polar surface area (TPSA) is 251 Å². The highest BCUT2D eigenvalue weighted by molar-refractivity contribution is 6.09. The molecule has 6 rings (SSSR count). The van der Waals surface area contributed by atoms with Crippen LogP contribution in [0.3, 0.4) is 0 Å². The fraction of sp³-hybridized carbons (Fsp3) is 0.304. The SMILES string of the molecule is COC(=O)c1cc(NC(=O)c2cc(NC(=O)c3cc(NC(=O)CCNC(=O)c4cc(NC(=O)c5cc(NC(=O)c6cc(C(=O)CCCN(C)C)cn6C)cn5C)cn4C)cn3C)cn2C)cn1C. The smallest absolute Gasteiger partial charge is 0.354 e. The van der Waals surface area contributed by atoms with Crippen molar-refractivity contribution < 1.29 is 43.1 Å². The molecule has 0 saturated carbocycles. The second-order valence-corrected chi connectivity index (χ2v) is 16.5. The van der Waals surface area contributed by atoms with Crippen LogP contribution in [0.1, 0.15) is 92.6 Å². The third-order valence-electron chi connectivity index (χ3n) is 10.9. The number of esters is 1. The summed E-state index contributed by atoms with van der Waals surface area (Å²) in [4.78, 5) is 105. The number of ether oxygens (including phenoxy) is 1. The Morgan fingerprint density at radius 1 is 0.471 bits per heavy atom. The molecule has 0 aromatic carbocycles. The Labute approximate surface area is 391 Å². The molecule has 22 heteroatoms. The van der Waals surface area contributed by atoms with Gasteiger partial charge in [-0.3, -0.25) is 33.6 Å². The van der Waals surface area contributed by atoms with Gasteiger partial charge in [-0.25, -0.2) is 4.79 Å². The molecule has 0 fully saturated rings. The average Bonchev–Trinajstić information content (AvgIpc) is 4.13. The van der Waals surface area contributed by atoms with Crippen LogP contribution in [-0.2, 0) is 51.8 Å². The normalized spacial score (nSPS) is 11.0. The van der Waals surface area contributed by atoms with Crippen LogP contribution in [-0.4, -0.2) is 114 Å². The minimum atomic E-state index is -0.553.